The van der Waals surface area contributed by atoms with E-state index in [0.717, 1.165) is 18.4 Å². The van der Waals surface area contributed by atoms with Crippen LogP contribution >= 0.6 is 11.6 Å². The van der Waals surface area contributed by atoms with E-state index in [9.17, 15) is 9.18 Å². The molecule has 4 nitrogen and oxygen atoms in total. The standard InChI is InChI=1S/C16H17ClFN3O/c1-20-10-11(9-19-20)15-6-3-7-21(15)16(22)8-12-13(17)4-2-5-14(12)18/h2,4-5,9-10,15H,3,6-8H2,1H3. The van der Waals surface area contributed by atoms with Gasteiger partial charge in [-0.05, 0) is 25.0 Å². The van der Waals surface area contributed by atoms with Crippen molar-refractivity contribution in [1.82, 2.24) is 14.7 Å². The van der Waals surface area contributed by atoms with Crippen LogP contribution in [0.4, 0.5) is 4.39 Å². The van der Waals surface area contributed by atoms with Crippen LogP contribution in [-0.2, 0) is 18.3 Å². The number of benzene rings is 1. The Hall–Kier alpha value is -1.88. The summed E-state index contributed by atoms with van der Waals surface area (Å²) in [5.41, 5.74) is 1.29. The van der Waals surface area contributed by atoms with Crippen molar-refractivity contribution in [1.29, 1.82) is 0 Å². The molecule has 0 N–H and O–H groups in total. The van der Waals surface area contributed by atoms with E-state index in [1.807, 2.05) is 13.2 Å². The lowest BCUT2D eigenvalue weighted by molar-refractivity contribution is -0.131. The second-order valence-corrected chi connectivity index (χ2v) is 5.98. The lowest BCUT2D eigenvalue weighted by Gasteiger charge is -2.24. The normalized spacial score (nSPS) is 18.0. The number of likely N-dealkylation sites (tertiary alicyclic amines) is 1. The third-order valence-electron chi connectivity index (χ3n) is 4.07. The number of carbonyl (C=O) groups is 1. The lowest BCUT2D eigenvalue weighted by atomic mass is 10.1. The molecule has 1 aromatic carbocycles. The zero-order valence-corrected chi connectivity index (χ0v) is 13.1. The average Bonchev–Trinajstić information content (AvgIpc) is 3.11. The monoisotopic (exact) mass is 321 g/mol. The smallest absolute Gasteiger partial charge is 0.227 e. The Morgan fingerprint density at radius 2 is 2.32 bits per heavy atom. The van der Waals surface area contributed by atoms with Crippen LogP contribution in [0.2, 0.25) is 5.02 Å². The highest BCUT2D eigenvalue weighted by molar-refractivity contribution is 6.31. The summed E-state index contributed by atoms with van der Waals surface area (Å²) in [6, 6.07) is 4.50. The lowest BCUT2D eigenvalue weighted by Crippen LogP contribution is -2.32. The largest absolute Gasteiger partial charge is 0.335 e. The Bertz CT molecular complexity index is 680. The quantitative estimate of drug-likeness (QED) is 0.871. The van der Waals surface area contributed by atoms with Crippen molar-refractivity contribution in [2.75, 3.05) is 6.54 Å². The van der Waals surface area contributed by atoms with Gasteiger partial charge in [0.25, 0.3) is 0 Å². The van der Waals surface area contributed by atoms with E-state index in [1.165, 1.54) is 6.07 Å². The minimum atomic E-state index is -0.432. The van der Waals surface area contributed by atoms with Crippen molar-refractivity contribution in [3.05, 3.63) is 52.6 Å². The number of halogens is 2. The number of carbonyl (C=O) groups excluding carboxylic acids is 1. The van der Waals surface area contributed by atoms with Gasteiger partial charge in [0.2, 0.25) is 5.91 Å². The van der Waals surface area contributed by atoms with Crippen LogP contribution in [0.25, 0.3) is 0 Å². The summed E-state index contributed by atoms with van der Waals surface area (Å²) in [5.74, 6) is -0.531. The molecule has 0 bridgehead atoms. The van der Waals surface area contributed by atoms with Crippen molar-refractivity contribution in [2.45, 2.75) is 25.3 Å². The van der Waals surface area contributed by atoms with Gasteiger partial charge in [0.1, 0.15) is 5.82 Å². The van der Waals surface area contributed by atoms with Crippen molar-refractivity contribution < 1.29 is 9.18 Å². The summed E-state index contributed by atoms with van der Waals surface area (Å²) < 4.78 is 15.6. The Kier molecular flexibility index (Phi) is 4.16. The molecule has 1 saturated heterocycles. The maximum absolute atomic E-state index is 13.9. The summed E-state index contributed by atoms with van der Waals surface area (Å²) in [7, 11) is 1.85. The molecule has 1 unspecified atom stereocenters. The third-order valence-corrected chi connectivity index (χ3v) is 4.43. The predicted molar refractivity (Wildman–Crippen MR) is 82.0 cm³/mol. The molecular formula is C16H17ClFN3O. The predicted octanol–water partition coefficient (Wildman–Crippen LogP) is 3.12. The van der Waals surface area contributed by atoms with Gasteiger partial charge in [0.15, 0.2) is 0 Å². The van der Waals surface area contributed by atoms with E-state index in [2.05, 4.69) is 5.10 Å². The van der Waals surface area contributed by atoms with Crippen molar-refractivity contribution >= 4 is 17.5 Å². The molecule has 0 aliphatic carbocycles. The second kappa shape index (κ2) is 6.08. The van der Waals surface area contributed by atoms with Crippen LogP contribution in [0.15, 0.2) is 30.6 Å². The molecule has 1 aromatic heterocycles. The molecule has 1 fully saturated rings. The maximum Gasteiger partial charge on any atom is 0.227 e. The summed E-state index contributed by atoms with van der Waals surface area (Å²) >= 11 is 6.01. The molecular weight excluding hydrogens is 305 g/mol. The minimum Gasteiger partial charge on any atom is -0.335 e. The van der Waals surface area contributed by atoms with Crippen molar-refractivity contribution in [3.8, 4) is 0 Å². The summed E-state index contributed by atoms with van der Waals surface area (Å²) in [6.45, 7) is 0.685. The average molecular weight is 322 g/mol. The molecule has 22 heavy (non-hydrogen) atoms. The van der Waals surface area contributed by atoms with Crippen LogP contribution in [0.5, 0.6) is 0 Å². The molecule has 1 aliphatic heterocycles. The van der Waals surface area contributed by atoms with E-state index in [-0.39, 0.29) is 23.9 Å². The number of nitrogens with zero attached hydrogens (tertiary/aromatic N) is 3. The summed E-state index contributed by atoms with van der Waals surface area (Å²) in [6.07, 6.45) is 5.54. The number of aromatic nitrogens is 2. The van der Waals surface area contributed by atoms with Gasteiger partial charge in [-0.15, -0.1) is 0 Å². The molecule has 1 aliphatic rings. The fourth-order valence-corrected chi connectivity index (χ4v) is 3.21. The van der Waals surface area contributed by atoms with E-state index in [0.29, 0.717) is 11.6 Å². The Labute approximate surface area is 133 Å². The fraction of sp³-hybridized carbons (Fsp3) is 0.375. The molecule has 1 atom stereocenters. The van der Waals surface area contributed by atoms with Crippen LogP contribution in [0, 0.1) is 5.82 Å². The van der Waals surface area contributed by atoms with Crippen LogP contribution in [-0.4, -0.2) is 27.1 Å². The Morgan fingerprint density at radius 3 is 3.00 bits per heavy atom. The zero-order valence-electron chi connectivity index (χ0n) is 12.3. The van der Waals surface area contributed by atoms with Gasteiger partial charge in [-0.25, -0.2) is 4.39 Å². The van der Waals surface area contributed by atoms with Gasteiger partial charge in [-0.2, -0.15) is 5.10 Å². The molecule has 0 saturated carbocycles. The highest BCUT2D eigenvalue weighted by Gasteiger charge is 2.31. The fourth-order valence-electron chi connectivity index (χ4n) is 2.98. The first-order chi connectivity index (χ1) is 10.6. The van der Waals surface area contributed by atoms with Gasteiger partial charge >= 0.3 is 0 Å². The first-order valence-electron chi connectivity index (χ1n) is 7.27. The van der Waals surface area contributed by atoms with E-state index in [4.69, 9.17) is 11.6 Å². The molecule has 2 aromatic rings. The van der Waals surface area contributed by atoms with Crippen LogP contribution in [0.1, 0.15) is 30.0 Å². The molecule has 1 amide bonds. The third kappa shape index (κ3) is 2.86. The molecule has 116 valence electrons. The SMILES string of the molecule is Cn1cc(C2CCCN2C(=O)Cc2c(F)cccc2Cl)cn1. The molecule has 6 heteroatoms. The van der Waals surface area contributed by atoms with Crippen molar-refractivity contribution in [3.63, 3.8) is 0 Å². The Morgan fingerprint density at radius 1 is 1.50 bits per heavy atom. The van der Waals surface area contributed by atoms with E-state index < -0.39 is 5.82 Å². The number of rotatable bonds is 3. The van der Waals surface area contributed by atoms with Gasteiger partial charge in [-0.1, -0.05) is 17.7 Å². The summed E-state index contributed by atoms with van der Waals surface area (Å²) in [5, 5.41) is 4.46. The first-order valence-corrected chi connectivity index (χ1v) is 7.65. The van der Waals surface area contributed by atoms with Crippen LogP contribution in [0.3, 0.4) is 0 Å². The van der Waals surface area contributed by atoms with Gasteiger partial charge < -0.3 is 4.90 Å². The number of amides is 1. The molecule has 0 spiro atoms. The van der Waals surface area contributed by atoms with Gasteiger partial charge in [0, 0.05) is 35.9 Å². The van der Waals surface area contributed by atoms with E-state index >= 15 is 0 Å². The number of aryl methyl sites for hydroxylation is 1. The Balaban J connectivity index is 1.79. The number of hydrogen-bond acceptors (Lipinski definition) is 2. The van der Waals surface area contributed by atoms with Gasteiger partial charge in [-0.3, -0.25) is 9.48 Å². The number of hydrogen-bond donors (Lipinski definition) is 0. The molecule has 0 radical (unpaired) electrons. The van der Waals surface area contributed by atoms with Gasteiger partial charge in [0.05, 0.1) is 18.7 Å². The molecule has 3 rings (SSSR count). The second-order valence-electron chi connectivity index (χ2n) is 5.57. The van der Waals surface area contributed by atoms with Crippen LogP contribution < -0.4 is 0 Å². The molecule has 2 heterocycles. The van der Waals surface area contributed by atoms with Crippen molar-refractivity contribution in [2.24, 2.45) is 7.05 Å². The maximum atomic E-state index is 13.9. The highest BCUT2D eigenvalue weighted by atomic mass is 35.5. The first kappa shape index (κ1) is 15.0. The zero-order chi connectivity index (χ0) is 15.7. The minimum absolute atomic E-state index is 0.0116. The summed E-state index contributed by atoms with van der Waals surface area (Å²) in [4.78, 5) is 14.4. The van der Waals surface area contributed by atoms with E-state index in [1.54, 1.807) is 27.9 Å². The topological polar surface area (TPSA) is 38.1 Å². The highest BCUT2D eigenvalue weighted by Crippen LogP contribution is 2.32.